The molecule has 0 bridgehead atoms. The second kappa shape index (κ2) is 9.14. The lowest BCUT2D eigenvalue weighted by Gasteiger charge is -2.19. The van der Waals surface area contributed by atoms with E-state index in [1.54, 1.807) is 6.21 Å². The molecular weight excluding hydrogens is 364 g/mol. The molecule has 0 aromatic heterocycles. The van der Waals surface area contributed by atoms with E-state index in [9.17, 15) is 4.79 Å². The van der Waals surface area contributed by atoms with Gasteiger partial charge in [-0.1, -0.05) is 42.5 Å². The number of carbonyl (C=O) groups is 1. The number of nitrogens with zero attached hydrogens (tertiary/aromatic N) is 1. The first-order valence-electron chi connectivity index (χ1n) is 8.50. The number of benzene rings is 2. The molecule has 1 aliphatic heterocycles. The largest absolute Gasteiger partial charge is 0.489 e. The number of carbonyl (C=O) groups excluding carboxylic acids is 1. The number of amides is 1. The van der Waals surface area contributed by atoms with Crippen LogP contribution in [0.25, 0.3) is 0 Å². The van der Waals surface area contributed by atoms with Crippen LogP contribution in [0.3, 0.4) is 0 Å². The lowest BCUT2D eigenvalue weighted by molar-refractivity contribution is -0.121. The fraction of sp³-hybridized carbons (Fsp3) is 0.300. The van der Waals surface area contributed by atoms with Crippen molar-refractivity contribution < 1.29 is 9.53 Å². The van der Waals surface area contributed by atoms with Crippen LogP contribution in [0, 0.1) is 0 Å². The Hall–Kier alpha value is -1.92. The van der Waals surface area contributed by atoms with E-state index >= 15 is 0 Å². The highest BCUT2D eigenvalue weighted by molar-refractivity contribution is 8.21. The van der Waals surface area contributed by atoms with Crippen LogP contribution in [-0.2, 0) is 11.4 Å². The van der Waals surface area contributed by atoms with Gasteiger partial charge < -0.3 is 4.74 Å². The van der Waals surface area contributed by atoms with E-state index in [-0.39, 0.29) is 9.99 Å². The number of hydrogen-bond acceptors (Lipinski definition) is 5. The Morgan fingerprint density at radius 2 is 1.96 bits per heavy atom. The van der Waals surface area contributed by atoms with Crippen LogP contribution >= 0.6 is 23.5 Å². The minimum Gasteiger partial charge on any atom is -0.489 e. The molecule has 2 aromatic rings. The maximum Gasteiger partial charge on any atom is 0.242 e. The van der Waals surface area contributed by atoms with Gasteiger partial charge in [-0.25, -0.2) is 5.43 Å². The highest BCUT2D eigenvalue weighted by Gasteiger charge is 2.32. The van der Waals surface area contributed by atoms with Gasteiger partial charge in [-0.05, 0) is 30.2 Å². The summed E-state index contributed by atoms with van der Waals surface area (Å²) in [5, 5.41) is 4.08. The molecule has 0 saturated carbocycles. The van der Waals surface area contributed by atoms with Crippen LogP contribution in [-0.4, -0.2) is 27.7 Å². The van der Waals surface area contributed by atoms with Crippen molar-refractivity contribution in [2.24, 2.45) is 5.10 Å². The highest BCUT2D eigenvalue weighted by Crippen LogP contribution is 2.45. The summed E-state index contributed by atoms with van der Waals surface area (Å²) in [7, 11) is 0. The molecule has 26 heavy (non-hydrogen) atoms. The topological polar surface area (TPSA) is 50.7 Å². The quantitative estimate of drug-likeness (QED) is 0.569. The van der Waals surface area contributed by atoms with Gasteiger partial charge in [-0.15, -0.1) is 23.5 Å². The summed E-state index contributed by atoms with van der Waals surface area (Å²) in [4.78, 5) is 12.0. The van der Waals surface area contributed by atoms with Crippen LogP contribution in [0.4, 0.5) is 0 Å². The molecule has 0 atom stereocenters. The number of nitrogens with one attached hydrogen (secondary N) is 1. The van der Waals surface area contributed by atoms with Crippen molar-refractivity contribution in [3.8, 4) is 5.75 Å². The average Bonchev–Trinajstić information content (AvgIpc) is 3.07. The molecule has 1 aliphatic rings. The predicted molar refractivity (Wildman–Crippen MR) is 111 cm³/mol. The smallest absolute Gasteiger partial charge is 0.242 e. The Morgan fingerprint density at radius 1 is 1.19 bits per heavy atom. The van der Waals surface area contributed by atoms with Gasteiger partial charge in [0.2, 0.25) is 5.91 Å². The van der Waals surface area contributed by atoms with Crippen molar-refractivity contribution >= 4 is 35.6 Å². The molecule has 1 saturated heterocycles. The molecule has 3 rings (SSSR count). The number of thioether (sulfide) groups is 2. The normalized spacial score (nSPS) is 15.9. The minimum absolute atomic E-state index is 0.0230. The Bertz CT molecular complexity index is 759. The van der Waals surface area contributed by atoms with Crippen molar-refractivity contribution in [3.63, 3.8) is 0 Å². The van der Waals surface area contributed by atoms with Crippen LogP contribution in [0.15, 0.2) is 59.7 Å². The maximum atomic E-state index is 12.0. The first-order valence-corrected chi connectivity index (χ1v) is 10.5. The Labute approximate surface area is 162 Å². The van der Waals surface area contributed by atoms with E-state index < -0.39 is 0 Å². The third-order valence-electron chi connectivity index (χ3n) is 3.89. The average molecular weight is 387 g/mol. The van der Waals surface area contributed by atoms with Gasteiger partial charge >= 0.3 is 0 Å². The van der Waals surface area contributed by atoms with E-state index in [1.165, 1.54) is 0 Å². The molecule has 0 aliphatic carbocycles. The van der Waals surface area contributed by atoms with Gasteiger partial charge in [0.15, 0.2) is 0 Å². The fourth-order valence-corrected chi connectivity index (χ4v) is 5.42. The molecule has 6 heteroatoms. The van der Waals surface area contributed by atoms with Gasteiger partial charge in [-0.2, -0.15) is 5.10 Å². The lowest BCUT2D eigenvalue weighted by atomic mass is 10.2. The van der Waals surface area contributed by atoms with Crippen LogP contribution < -0.4 is 10.2 Å². The summed E-state index contributed by atoms with van der Waals surface area (Å²) in [6.07, 6.45) is 2.12. The van der Waals surface area contributed by atoms with Crippen molar-refractivity contribution in [2.45, 2.75) is 24.0 Å². The van der Waals surface area contributed by atoms with Gasteiger partial charge in [-0.3, -0.25) is 4.79 Å². The van der Waals surface area contributed by atoms with Gasteiger partial charge in [0.25, 0.3) is 0 Å². The molecule has 0 spiro atoms. The summed E-state index contributed by atoms with van der Waals surface area (Å²) >= 11 is 3.68. The summed E-state index contributed by atoms with van der Waals surface area (Å²) in [6, 6.07) is 17.7. The number of hydrogen-bond donors (Lipinski definition) is 1. The molecule has 0 radical (unpaired) electrons. The van der Waals surface area contributed by atoms with E-state index in [1.807, 2.05) is 78.1 Å². The van der Waals surface area contributed by atoms with Crippen molar-refractivity contribution in [1.29, 1.82) is 0 Å². The lowest BCUT2D eigenvalue weighted by Crippen LogP contribution is -2.26. The zero-order chi connectivity index (χ0) is 18.2. The summed E-state index contributed by atoms with van der Waals surface area (Å²) in [5.41, 5.74) is 4.63. The minimum atomic E-state index is -0.0536. The molecule has 0 unspecified atom stereocenters. The number of hydrazone groups is 1. The molecule has 1 amide bonds. The summed E-state index contributed by atoms with van der Waals surface area (Å²) < 4.78 is 5.78. The molecule has 1 N–H and O–H groups in total. The monoisotopic (exact) mass is 386 g/mol. The van der Waals surface area contributed by atoms with E-state index in [0.717, 1.165) is 28.4 Å². The third-order valence-corrected chi connectivity index (χ3v) is 7.18. The summed E-state index contributed by atoms with van der Waals surface area (Å²) in [6.45, 7) is 2.64. The summed E-state index contributed by atoms with van der Waals surface area (Å²) in [5.74, 6) is 2.93. The Morgan fingerprint density at radius 3 is 2.73 bits per heavy atom. The zero-order valence-corrected chi connectivity index (χ0v) is 16.3. The van der Waals surface area contributed by atoms with Crippen LogP contribution in [0.2, 0.25) is 0 Å². The van der Waals surface area contributed by atoms with Crippen LogP contribution in [0.5, 0.6) is 5.75 Å². The first kappa shape index (κ1) is 18.9. The van der Waals surface area contributed by atoms with Gasteiger partial charge in [0.1, 0.15) is 12.4 Å². The standard InChI is InChI=1S/C20H22N2O2S2/c1-20(25-10-11-26-20)13-19(23)22-21-14-17-8-5-9-18(12-17)24-15-16-6-3-2-4-7-16/h2-9,12,14H,10-11,13,15H2,1H3,(H,22,23). The molecule has 2 aromatic carbocycles. The Balaban J connectivity index is 1.49. The fourth-order valence-electron chi connectivity index (χ4n) is 2.59. The van der Waals surface area contributed by atoms with Crippen molar-refractivity contribution in [2.75, 3.05) is 11.5 Å². The van der Waals surface area contributed by atoms with Crippen molar-refractivity contribution in [1.82, 2.24) is 5.43 Å². The number of rotatable bonds is 7. The predicted octanol–water partition coefficient (Wildman–Crippen LogP) is 4.30. The van der Waals surface area contributed by atoms with E-state index in [2.05, 4.69) is 17.5 Å². The second-order valence-electron chi connectivity index (χ2n) is 6.15. The van der Waals surface area contributed by atoms with Crippen LogP contribution in [0.1, 0.15) is 24.5 Å². The number of ether oxygens (including phenoxy) is 1. The third kappa shape index (κ3) is 5.81. The van der Waals surface area contributed by atoms with Gasteiger partial charge in [0, 0.05) is 11.5 Å². The zero-order valence-electron chi connectivity index (χ0n) is 14.7. The highest BCUT2D eigenvalue weighted by atomic mass is 32.2. The second-order valence-corrected chi connectivity index (χ2v) is 9.60. The maximum absolute atomic E-state index is 12.0. The van der Waals surface area contributed by atoms with Crippen molar-refractivity contribution in [3.05, 3.63) is 65.7 Å². The van der Waals surface area contributed by atoms with E-state index in [4.69, 9.17) is 4.74 Å². The van der Waals surface area contributed by atoms with E-state index in [0.29, 0.717) is 13.0 Å². The Kier molecular flexibility index (Phi) is 6.63. The first-order chi connectivity index (χ1) is 12.6. The molecule has 136 valence electrons. The SMILES string of the molecule is CC1(CC(=O)NN=Cc2cccc(OCc3ccccc3)c2)SCCS1. The molecular formula is C20H22N2O2S2. The molecule has 1 fully saturated rings. The molecule has 4 nitrogen and oxygen atoms in total. The molecule has 1 heterocycles. The van der Waals surface area contributed by atoms with Gasteiger partial charge in [0.05, 0.1) is 16.7 Å².